The Hall–Kier alpha value is -1.59. The first-order valence-electron chi connectivity index (χ1n) is 7.38. The van der Waals surface area contributed by atoms with E-state index in [2.05, 4.69) is 23.9 Å². The molecule has 5 heteroatoms. The lowest BCUT2D eigenvalue weighted by Crippen LogP contribution is -2.27. The van der Waals surface area contributed by atoms with Gasteiger partial charge in [-0.1, -0.05) is 6.07 Å². The third-order valence-electron chi connectivity index (χ3n) is 4.07. The van der Waals surface area contributed by atoms with Crippen LogP contribution in [0.2, 0.25) is 0 Å². The van der Waals surface area contributed by atoms with Crippen LogP contribution in [0.5, 0.6) is 5.75 Å². The van der Waals surface area contributed by atoms with Crippen molar-refractivity contribution in [2.45, 2.75) is 13.0 Å². The highest BCUT2D eigenvalue weighted by Crippen LogP contribution is 2.21. The molecule has 1 aromatic carbocycles. The molecule has 3 N–H and O–H groups in total. The first-order valence-corrected chi connectivity index (χ1v) is 7.38. The second-order valence-electron chi connectivity index (χ2n) is 6.06. The summed E-state index contributed by atoms with van der Waals surface area (Å²) >= 11 is 0. The van der Waals surface area contributed by atoms with E-state index in [9.17, 15) is 0 Å². The minimum absolute atomic E-state index is 0.0498. The maximum Gasteiger partial charge on any atom is 0.129 e. The molecule has 1 fully saturated rings. The summed E-state index contributed by atoms with van der Waals surface area (Å²) in [4.78, 5) is 4.73. The van der Waals surface area contributed by atoms with Crippen LogP contribution in [0.4, 0.5) is 0 Å². The van der Waals surface area contributed by atoms with Gasteiger partial charge in [0.2, 0.25) is 0 Å². The molecule has 2 rings (SSSR count). The largest absolute Gasteiger partial charge is 0.496 e. The maximum absolute atomic E-state index is 7.64. The molecule has 0 aliphatic carbocycles. The molecule has 1 aliphatic heterocycles. The van der Waals surface area contributed by atoms with Crippen LogP contribution in [-0.4, -0.2) is 56.5 Å². The number of benzene rings is 1. The summed E-state index contributed by atoms with van der Waals surface area (Å²) in [5, 5.41) is 7.64. The third kappa shape index (κ3) is 4.19. The molecule has 116 valence electrons. The molecule has 1 aliphatic rings. The standard InChI is InChI=1S/C16H26N4O/c1-19-7-6-13(10-19)11-20(2)9-12-4-5-15(21-3)14(8-12)16(17)18/h4-5,8,13H,6-7,9-11H2,1-3H3,(H3,17,18). The van der Waals surface area contributed by atoms with Crippen molar-refractivity contribution in [2.24, 2.45) is 11.7 Å². The van der Waals surface area contributed by atoms with E-state index in [1.165, 1.54) is 19.5 Å². The van der Waals surface area contributed by atoms with E-state index in [0.717, 1.165) is 24.6 Å². The first-order chi connectivity index (χ1) is 9.99. The minimum atomic E-state index is 0.0498. The van der Waals surface area contributed by atoms with Crippen LogP contribution in [0.15, 0.2) is 18.2 Å². The van der Waals surface area contributed by atoms with Gasteiger partial charge < -0.3 is 20.3 Å². The van der Waals surface area contributed by atoms with Crippen LogP contribution in [0.3, 0.4) is 0 Å². The molecule has 0 aromatic heterocycles. The van der Waals surface area contributed by atoms with Crippen LogP contribution in [0.1, 0.15) is 17.5 Å². The Kier molecular flexibility index (Phi) is 5.20. The molecule has 0 spiro atoms. The lowest BCUT2D eigenvalue weighted by atomic mass is 10.1. The molecule has 5 nitrogen and oxygen atoms in total. The van der Waals surface area contributed by atoms with Crippen molar-refractivity contribution in [1.29, 1.82) is 5.41 Å². The van der Waals surface area contributed by atoms with Gasteiger partial charge in [0.15, 0.2) is 0 Å². The van der Waals surface area contributed by atoms with Crippen LogP contribution in [-0.2, 0) is 6.54 Å². The van der Waals surface area contributed by atoms with Crippen LogP contribution in [0.25, 0.3) is 0 Å². The number of methoxy groups -OCH3 is 1. The fraction of sp³-hybridized carbons (Fsp3) is 0.562. The number of rotatable bonds is 6. The number of hydrogen-bond acceptors (Lipinski definition) is 4. The predicted molar refractivity (Wildman–Crippen MR) is 85.9 cm³/mol. The SMILES string of the molecule is COc1ccc(CN(C)CC2CCN(C)C2)cc1C(=N)N. The Morgan fingerprint density at radius 1 is 1.52 bits per heavy atom. The normalized spacial score (nSPS) is 19.1. The Labute approximate surface area is 127 Å². The number of nitrogen functional groups attached to an aromatic ring is 1. The maximum atomic E-state index is 7.64. The van der Waals surface area contributed by atoms with Crippen LogP contribution in [0, 0.1) is 11.3 Å². The number of nitrogens with one attached hydrogen (secondary N) is 1. The highest BCUT2D eigenvalue weighted by Gasteiger charge is 2.20. The van der Waals surface area contributed by atoms with E-state index in [-0.39, 0.29) is 5.84 Å². The lowest BCUT2D eigenvalue weighted by molar-refractivity contribution is 0.267. The summed E-state index contributed by atoms with van der Waals surface area (Å²) in [6.07, 6.45) is 1.28. The second-order valence-corrected chi connectivity index (χ2v) is 6.06. The molecule has 1 unspecified atom stereocenters. The Morgan fingerprint density at radius 3 is 2.86 bits per heavy atom. The van der Waals surface area contributed by atoms with Gasteiger partial charge in [-0.15, -0.1) is 0 Å². The summed E-state index contributed by atoms with van der Waals surface area (Å²) in [5.41, 5.74) is 7.45. The van der Waals surface area contributed by atoms with Gasteiger partial charge in [0.25, 0.3) is 0 Å². The van der Waals surface area contributed by atoms with Crippen molar-refractivity contribution in [3.63, 3.8) is 0 Å². The van der Waals surface area contributed by atoms with Gasteiger partial charge in [0, 0.05) is 19.6 Å². The fourth-order valence-corrected chi connectivity index (χ4v) is 3.06. The number of ether oxygens (including phenoxy) is 1. The Morgan fingerprint density at radius 2 is 2.29 bits per heavy atom. The molecule has 1 heterocycles. The van der Waals surface area contributed by atoms with Gasteiger partial charge in [-0.05, 0) is 50.7 Å². The molecule has 21 heavy (non-hydrogen) atoms. The van der Waals surface area contributed by atoms with Crippen LogP contribution < -0.4 is 10.5 Å². The highest BCUT2D eigenvalue weighted by molar-refractivity contribution is 5.97. The van der Waals surface area contributed by atoms with E-state index < -0.39 is 0 Å². The number of hydrogen-bond donors (Lipinski definition) is 2. The number of nitrogens with zero attached hydrogens (tertiary/aromatic N) is 2. The molecular formula is C16H26N4O. The summed E-state index contributed by atoms with van der Waals surface area (Å²) in [7, 11) is 5.93. The summed E-state index contributed by atoms with van der Waals surface area (Å²) in [6.45, 7) is 4.36. The van der Waals surface area contributed by atoms with Gasteiger partial charge >= 0.3 is 0 Å². The van der Waals surface area contributed by atoms with Crippen LogP contribution >= 0.6 is 0 Å². The van der Waals surface area contributed by atoms with Crippen molar-refractivity contribution in [3.8, 4) is 5.75 Å². The highest BCUT2D eigenvalue weighted by atomic mass is 16.5. The molecule has 0 radical (unpaired) electrons. The summed E-state index contributed by atoms with van der Waals surface area (Å²) in [5.74, 6) is 1.46. The van der Waals surface area contributed by atoms with E-state index in [1.54, 1.807) is 7.11 Å². The van der Waals surface area contributed by atoms with Crippen molar-refractivity contribution in [3.05, 3.63) is 29.3 Å². The van der Waals surface area contributed by atoms with Gasteiger partial charge in [-0.25, -0.2) is 0 Å². The second kappa shape index (κ2) is 6.91. The Bertz CT molecular complexity index is 503. The Balaban J connectivity index is 1.98. The van der Waals surface area contributed by atoms with Gasteiger partial charge in [0.1, 0.15) is 11.6 Å². The smallest absolute Gasteiger partial charge is 0.129 e. The predicted octanol–water partition coefficient (Wildman–Crippen LogP) is 1.36. The first kappa shape index (κ1) is 15.8. The topological polar surface area (TPSA) is 65.6 Å². The lowest BCUT2D eigenvalue weighted by Gasteiger charge is -2.21. The molecular weight excluding hydrogens is 264 g/mol. The molecule has 1 aromatic rings. The van der Waals surface area contributed by atoms with E-state index in [1.807, 2.05) is 18.2 Å². The zero-order chi connectivity index (χ0) is 15.4. The average molecular weight is 290 g/mol. The summed E-state index contributed by atoms with van der Waals surface area (Å²) < 4.78 is 5.25. The number of amidine groups is 1. The molecule has 0 saturated carbocycles. The fourth-order valence-electron chi connectivity index (χ4n) is 3.06. The van der Waals surface area contributed by atoms with E-state index >= 15 is 0 Å². The zero-order valence-corrected chi connectivity index (χ0v) is 13.2. The van der Waals surface area contributed by atoms with Gasteiger partial charge in [-0.2, -0.15) is 0 Å². The number of nitrogens with two attached hydrogens (primary N) is 1. The molecule has 1 atom stereocenters. The molecule has 0 amide bonds. The zero-order valence-electron chi connectivity index (χ0n) is 13.2. The quantitative estimate of drug-likeness (QED) is 0.613. The van der Waals surface area contributed by atoms with Crippen molar-refractivity contribution >= 4 is 5.84 Å². The summed E-state index contributed by atoms with van der Waals surface area (Å²) in [6, 6.07) is 5.89. The van der Waals surface area contributed by atoms with Crippen molar-refractivity contribution in [1.82, 2.24) is 9.80 Å². The molecule has 0 bridgehead atoms. The average Bonchev–Trinajstić information content (AvgIpc) is 2.83. The van der Waals surface area contributed by atoms with E-state index in [4.69, 9.17) is 15.9 Å². The third-order valence-corrected chi connectivity index (χ3v) is 4.07. The van der Waals surface area contributed by atoms with Crippen molar-refractivity contribution in [2.75, 3.05) is 40.8 Å². The van der Waals surface area contributed by atoms with Gasteiger partial charge in [0.05, 0.1) is 12.7 Å². The monoisotopic (exact) mass is 290 g/mol. The number of likely N-dealkylation sites (tertiary alicyclic amines) is 1. The van der Waals surface area contributed by atoms with E-state index in [0.29, 0.717) is 11.3 Å². The van der Waals surface area contributed by atoms with Crippen molar-refractivity contribution < 1.29 is 4.74 Å². The molecule has 1 saturated heterocycles. The van der Waals surface area contributed by atoms with Gasteiger partial charge in [-0.3, -0.25) is 5.41 Å². The minimum Gasteiger partial charge on any atom is -0.496 e.